The number of phenols is 1. The Morgan fingerprint density at radius 3 is 2.71 bits per heavy atom. The molecule has 1 aromatic heterocycles. The lowest BCUT2D eigenvalue weighted by Gasteiger charge is -2.00. The standard InChI is InChI=1S/C13H10N4O4/c18-11-1-2-12(17(20)21)10(7-11)8-15-16-13(19)9-3-5-14-6-4-9/h1-8,18H,(H,16,19)/b15-8+. The molecule has 1 amide bonds. The fraction of sp³-hybridized carbons (Fsp3) is 0. The number of phenolic OH excluding ortho intramolecular Hbond substituents is 1. The van der Waals surface area contributed by atoms with E-state index >= 15 is 0 Å². The van der Waals surface area contributed by atoms with Gasteiger partial charge in [0, 0.05) is 24.0 Å². The number of hydrogen-bond donors (Lipinski definition) is 2. The summed E-state index contributed by atoms with van der Waals surface area (Å²) in [5.74, 6) is -0.612. The lowest BCUT2D eigenvalue weighted by atomic mass is 10.2. The Morgan fingerprint density at radius 1 is 1.33 bits per heavy atom. The number of pyridine rings is 1. The Morgan fingerprint density at radius 2 is 2.05 bits per heavy atom. The molecule has 0 spiro atoms. The van der Waals surface area contributed by atoms with Crippen LogP contribution in [0.5, 0.6) is 5.75 Å². The molecule has 0 atom stereocenters. The van der Waals surface area contributed by atoms with E-state index < -0.39 is 10.8 Å². The average Bonchev–Trinajstić information content (AvgIpc) is 2.48. The van der Waals surface area contributed by atoms with Crippen LogP contribution in [-0.2, 0) is 0 Å². The van der Waals surface area contributed by atoms with Crippen molar-refractivity contribution >= 4 is 17.8 Å². The van der Waals surface area contributed by atoms with E-state index in [0.29, 0.717) is 5.56 Å². The molecule has 2 aromatic rings. The second-order valence-corrected chi connectivity index (χ2v) is 3.94. The van der Waals surface area contributed by atoms with Gasteiger partial charge in [0.25, 0.3) is 11.6 Å². The van der Waals surface area contributed by atoms with Crippen LogP contribution in [-0.4, -0.2) is 27.1 Å². The van der Waals surface area contributed by atoms with Gasteiger partial charge in [-0.3, -0.25) is 19.9 Å². The molecular formula is C13H10N4O4. The highest BCUT2D eigenvalue weighted by Gasteiger charge is 2.12. The summed E-state index contributed by atoms with van der Waals surface area (Å²) in [5, 5.41) is 23.8. The smallest absolute Gasteiger partial charge is 0.278 e. The second-order valence-electron chi connectivity index (χ2n) is 3.94. The van der Waals surface area contributed by atoms with E-state index in [1.165, 1.54) is 36.7 Å². The molecule has 2 N–H and O–H groups in total. The predicted molar refractivity (Wildman–Crippen MR) is 74.1 cm³/mol. The maximum atomic E-state index is 11.7. The molecule has 0 aliphatic carbocycles. The molecule has 8 nitrogen and oxygen atoms in total. The highest BCUT2D eigenvalue weighted by atomic mass is 16.6. The summed E-state index contributed by atoms with van der Waals surface area (Å²) in [6.45, 7) is 0. The molecule has 0 aliphatic rings. The molecule has 2 rings (SSSR count). The highest BCUT2D eigenvalue weighted by molar-refractivity contribution is 5.95. The van der Waals surface area contributed by atoms with Crippen LogP contribution in [0.15, 0.2) is 47.8 Å². The number of hydrogen-bond acceptors (Lipinski definition) is 6. The first-order valence-electron chi connectivity index (χ1n) is 5.79. The molecule has 8 heteroatoms. The molecule has 0 saturated heterocycles. The van der Waals surface area contributed by atoms with Crippen LogP contribution in [0.2, 0.25) is 0 Å². The molecule has 21 heavy (non-hydrogen) atoms. The third-order valence-electron chi connectivity index (χ3n) is 2.52. The minimum absolute atomic E-state index is 0.0787. The van der Waals surface area contributed by atoms with E-state index in [2.05, 4.69) is 15.5 Å². The van der Waals surface area contributed by atoms with E-state index in [4.69, 9.17) is 0 Å². The Hall–Kier alpha value is -3.29. The Balaban J connectivity index is 2.13. The SMILES string of the molecule is O=C(N/N=C/c1cc(O)ccc1[N+](=O)[O-])c1ccncc1. The van der Waals surface area contributed by atoms with Gasteiger partial charge in [-0.15, -0.1) is 0 Å². The predicted octanol–water partition coefficient (Wildman–Crippen LogP) is 1.46. The lowest BCUT2D eigenvalue weighted by molar-refractivity contribution is -0.385. The zero-order valence-corrected chi connectivity index (χ0v) is 10.6. The minimum atomic E-state index is -0.606. The zero-order chi connectivity index (χ0) is 15.2. The first-order valence-corrected chi connectivity index (χ1v) is 5.79. The van der Waals surface area contributed by atoms with Gasteiger partial charge in [0.1, 0.15) is 5.75 Å². The largest absolute Gasteiger partial charge is 0.508 e. The summed E-state index contributed by atoms with van der Waals surface area (Å²) in [7, 11) is 0. The van der Waals surface area contributed by atoms with Crippen molar-refractivity contribution < 1.29 is 14.8 Å². The molecular weight excluding hydrogens is 276 g/mol. The number of nitro groups is 1. The Kier molecular flexibility index (Phi) is 4.20. The fourth-order valence-corrected chi connectivity index (χ4v) is 1.54. The molecule has 1 aromatic carbocycles. The van der Waals surface area contributed by atoms with E-state index in [-0.39, 0.29) is 17.0 Å². The van der Waals surface area contributed by atoms with Gasteiger partial charge in [0.15, 0.2) is 0 Å². The molecule has 0 bridgehead atoms. The van der Waals surface area contributed by atoms with Gasteiger partial charge >= 0.3 is 0 Å². The van der Waals surface area contributed by atoms with Crippen LogP contribution in [0.4, 0.5) is 5.69 Å². The van der Waals surface area contributed by atoms with Gasteiger partial charge < -0.3 is 5.11 Å². The van der Waals surface area contributed by atoms with E-state index in [0.717, 1.165) is 12.3 Å². The van der Waals surface area contributed by atoms with Crippen molar-refractivity contribution in [2.24, 2.45) is 5.10 Å². The number of aromatic hydroxyl groups is 1. The van der Waals surface area contributed by atoms with Crippen LogP contribution < -0.4 is 5.43 Å². The quantitative estimate of drug-likeness (QED) is 0.501. The number of hydrazone groups is 1. The number of carbonyl (C=O) groups excluding carboxylic acids is 1. The van der Waals surface area contributed by atoms with Crippen molar-refractivity contribution in [1.82, 2.24) is 10.4 Å². The van der Waals surface area contributed by atoms with E-state index in [1.54, 1.807) is 0 Å². The topological polar surface area (TPSA) is 118 Å². The number of nitro benzene ring substituents is 1. The van der Waals surface area contributed by atoms with E-state index in [1.807, 2.05) is 0 Å². The highest BCUT2D eigenvalue weighted by Crippen LogP contribution is 2.21. The van der Waals surface area contributed by atoms with Crippen LogP contribution in [0.25, 0.3) is 0 Å². The molecule has 0 aliphatic heterocycles. The molecule has 0 fully saturated rings. The van der Waals surface area contributed by atoms with Gasteiger partial charge in [-0.05, 0) is 24.3 Å². The first-order chi connectivity index (χ1) is 10.1. The number of carbonyl (C=O) groups is 1. The van der Waals surface area contributed by atoms with Gasteiger partial charge in [-0.1, -0.05) is 0 Å². The van der Waals surface area contributed by atoms with Crippen LogP contribution in [0.3, 0.4) is 0 Å². The van der Waals surface area contributed by atoms with Crippen molar-refractivity contribution in [2.75, 3.05) is 0 Å². The lowest BCUT2D eigenvalue weighted by Crippen LogP contribution is -2.17. The average molecular weight is 286 g/mol. The first kappa shape index (κ1) is 14.1. The summed E-state index contributed by atoms with van der Waals surface area (Å²) in [5.41, 5.74) is 2.44. The number of nitrogens with zero attached hydrogens (tertiary/aromatic N) is 3. The van der Waals surface area contributed by atoms with Crippen molar-refractivity contribution in [1.29, 1.82) is 0 Å². The number of benzene rings is 1. The normalized spacial score (nSPS) is 10.5. The summed E-state index contributed by atoms with van der Waals surface area (Å²) in [4.78, 5) is 25.7. The molecule has 0 radical (unpaired) electrons. The summed E-state index contributed by atoms with van der Waals surface area (Å²) in [6, 6.07) is 6.54. The third kappa shape index (κ3) is 3.60. The number of nitrogens with one attached hydrogen (secondary N) is 1. The monoisotopic (exact) mass is 286 g/mol. The van der Waals surface area contributed by atoms with Gasteiger partial charge in [0.2, 0.25) is 0 Å². The Labute approximate surface area is 118 Å². The van der Waals surface area contributed by atoms with Gasteiger partial charge in [-0.25, -0.2) is 5.43 Å². The number of aromatic nitrogens is 1. The van der Waals surface area contributed by atoms with Crippen LogP contribution >= 0.6 is 0 Å². The second kappa shape index (κ2) is 6.24. The van der Waals surface area contributed by atoms with Gasteiger partial charge in [-0.2, -0.15) is 5.10 Å². The van der Waals surface area contributed by atoms with Crippen molar-refractivity contribution in [2.45, 2.75) is 0 Å². The summed E-state index contributed by atoms with van der Waals surface area (Å²) in [6.07, 6.45) is 4.01. The van der Waals surface area contributed by atoms with Crippen LogP contribution in [0, 0.1) is 10.1 Å². The summed E-state index contributed by atoms with van der Waals surface area (Å²) < 4.78 is 0. The maximum Gasteiger partial charge on any atom is 0.278 e. The molecule has 0 saturated carbocycles. The third-order valence-corrected chi connectivity index (χ3v) is 2.52. The van der Waals surface area contributed by atoms with Crippen molar-refractivity contribution in [3.05, 3.63) is 64.0 Å². The maximum absolute atomic E-state index is 11.7. The molecule has 106 valence electrons. The number of rotatable bonds is 4. The molecule has 0 unspecified atom stereocenters. The Bertz CT molecular complexity index is 701. The zero-order valence-electron chi connectivity index (χ0n) is 10.6. The number of amides is 1. The van der Waals surface area contributed by atoms with E-state index in [9.17, 15) is 20.0 Å². The van der Waals surface area contributed by atoms with Crippen molar-refractivity contribution in [3.8, 4) is 5.75 Å². The van der Waals surface area contributed by atoms with Crippen molar-refractivity contribution in [3.63, 3.8) is 0 Å². The molecule has 1 heterocycles. The fourth-order valence-electron chi connectivity index (χ4n) is 1.54. The van der Waals surface area contributed by atoms with Gasteiger partial charge in [0.05, 0.1) is 16.7 Å². The summed E-state index contributed by atoms with van der Waals surface area (Å²) >= 11 is 0. The van der Waals surface area contributed by atoms with Crippen LogP contribution in [0.1, 0.15) is 15.9 Å². The minimum Gasteiger partial charge on any atom is -0.508 e.